The number of benzene rings is 1. The van der Waals surface area contributed by atoms with Crippen LogP contribution in [0.2, 0.25) is 0 Å². The summed E-state index contributed by atoms with van der Waals surface area (Å²) < 4.78 is 0. The predicted molar refractivity (Wildman–Crippen MR) is 56.0 cm³/mol. The molecule has 13 heavy (non-hydrogen) atoms. The summed E-state index contributed by atoms with van der Waals surface area (Å²) in [4.78, 5) is 0. The van der Waals surface area contributed by atoms with Crippen LogP contribution in [0.4, 0.5) is 0 Å². The smallest absolute Gasteiger partial charge is 0.119 e. The maximum Gasteiger partial charge on any atom is 0.119 e. The Morgan fingerprint density at radius 3 is 2.85 bits per heavy atom. The van der Waals surface area contributed by atoms with E-state index in [0.29, 0.717) is 5.75 Å². The van der Waals surface area contributed by atoms with E-state index in [4.69, 9.17) is 0 Å². The Bertz CT molecular complexity index is 289. The molecule has 0 bridgehead atoms. The summed E-state index contributed by atoms with van der Waals surface area (Å²) >= 11 is 0. The molecule has 1 aromatic rings. The van der Waals surface area contributed by atoms with E-state index < -0.39 is 0 Å². The van der Waals surface area contributed by atoms with Crippen LogP contribution in [0.3, 0.4) is 0 Å². The van der Waals surface area contributed by atoms with E-state index in [-0.39, 0.29) is 0 Å². The number of hydrogen-bond acceptors (Lipinski definition) is 1. The number of aryl methyl sites for hydroxylation is 1. The highest BCUT2D eigenvalue weighted by molar-refractivity contribution is 5.40. The third-order valence-corrected chi connectivity index (χ3v) is 2.12. The van der Waals surface area contributed by atoms with Gasteiger partial charge in [-0.3, -0.25) is 0 Å². The van der Waals surface area contributed by atoms with Crippen molar-refractivity contribution in [3.05, 3.63) is 42.0 Å². The Morgan fingerprint density at radius 1 is 1.46 bits per heavy atom. The average Bonchev–Trinajstić information content (AvgIpc) is 2.11. The first-order chi connectivity index (χ1) is 6.29. The Kier molecular flexibility index (Phi) is 3.56. The summed E-state index contributed by atoms with van der Waals surface area (Å²) in [5.41, 5.74) is 2.27. The molecule has 0 unspecified atom stereocenters. The van der Waals surface area contributed by atoms with Crippen LogP contribution in [-0.2, 0) is 12.8 Å². The van der Waals surface area contributed by atoms with Crippen LogP contribution in [0.1, 0.15) is 24.5 Å². The Labute approximate surface area is 79.7 Å². The van der Waals surface area contributed by atoms with E-state index in [1.165, 1.54) is 5.56 Å². The fourth-order valence-electron chi connectivity index (χ4n) is 1.50. The molecule has 0 saturated carbocycles. The molecule has 0 spiro atoms. The monoisotopic (exact) mass is 176 g/mol. The van der Waals surface area contributed by atoms with Gasteiger partial charge < -0.3 is 5.11 Å². The number of allylic oxidation sites excluding steroid dienone is 1. The van der Waals surface area contributed by atoms with Crippen molar-refractivity contribution in [2.75, 3.05) is 0 Å². The Hall–Kier alpha value is -1.24. The van der Waals surface area contributed by atoms with Crippen molar-refractivity contribution in [1.29, 1.82) is 0 Å². The topological polar surface area (TPSA) is 20.2 Å². The first-order valence-electron chi connectivity index (χ1n) is 4.70. The number of phenols is 1. The Balaban J connectivity index is 3.01. The molecule has 0 aliphatic carbocycles. The van der Waals surface area contributed by atoms with Gasteiger partial charge in [-0.15, -0.1) is 6.58 Å². The molecule has 0 aliphatic rings. The lowest BCUT2D eigenvalue weighted by Gasteiger charge is -2.08. The number of rotatable bonds is 4. The lowest BCUT2D eigenvalue weighted by molar-refractivity contribution is 0.468. The average molecular weight is 176 g/mol. The molecule has 0 aliphatic heterocycles. The molecule has 1 nitrogen and oxygen atoms in total. The summed E-state index contributed by atoms with van der Waals surface area (Å²) in [5, 5.41) is 9.60. The van der Waals surface area contributed by atoms with Gasteiger partial charge in [-0.05, 0) is 24.5 Å². The van der Waals surface area contributed by atoms with Gasteiger partial charge in [-0.2, -0.15) is 0 Å². The third-order valence-electron chi connectivity index (χ3n) is 2.12. The van der Waals surface area contributed by atoms with Crippen molar-refractivity contribution in [3.8, 4) is 5.75 Å². The van der Waals surface area contributed by atoms with Gasteiger partial charge in [0.25, 0.3) is 0 Å². The van der Waals surface area contributed by atoms with Crippen molar-refractivity contribution in [1.82, 2.24) is 0 Å². The highest BCUT2D eigenvalue weighted by atomic mass is 16.3. The molecular weight excluding hydrogens is 160 g/mol. The van der Waals surface area contributed by atoms with E-state index >= 15 is 0 Å². The van der Waals surface area contributed by atoms with Crippen LogP contribution >= 0.6 is 0 Å². The van der Waals surface area contributed by atoms with Crippen molar-refractivity contribution in [2.24, 2.45) is 0 Å². The molecule has 0 fully saturated rings. The van der Waals surface area contributed by atoms with E-state index in [1.807, 2.05) is 12.1 Å². The van der Waals surface area contributed by atoms with Crippen LogP contribution in [-0.4, -0.2) is 5.11 Å². The minimum atomic E-state index is 0.394. The van der Waals surface area contributed by atoms with Crippen molar-refractivity contribution < 1.29 is 5.11 Å². The van der Waals surface area contributed by atoms with Crippen LogP contribution in [0.15, 0.2) is 30.9 Å². The molecule has 0 atom stereocenters. The number of aromatic hydroxyl groups is 1. The maximum absolute atomic E-state index is 9.60. The largest absolute Gasteiger partial charge is 0.508 e. The highest BCUT2D eigenvalue weighted by Crippen LogP contribution is 2.22. The quantitative estimate of drug-likeness (QED) is 0.699. The molecule has 0 radical (unpaired) electrons. The second-order valence-electron chi connectivity index (χ2n) is 3.16. The van der Waals surface area contributed by atoms with Gasteiger partial charge in [-0.25, -0.2) is 0 Å². The summed E-state index contributed by atoms with van der Waals surface area (Å²) in [7, 11) is 0. The van der Waals surface area contributed by atoms with E-state index in [2.05, 4.69) is 19.6 Å². The minimum absolute atomic E-state index is 0.394. The van der Waals surface area contributed by atoms with E-state index in [0.717, 1.165) is 24.8 Å². The lowest BCUT2D eigenvalue weighted by Crippen LogP contribution is -1.92. The molecule has 1 heteroatoms. The molecule has 0 heterocycles. The highest BCUT2D eigenvalue weighted by Gasteiger charge is 2.04. The fourth-order valence-corrected chi connectivity index (χ4v) is 1.50. The zero-order valence-corrected chi connectivity index (χ0v) is 8.09. The van der Waals surface area contributed by atoms with Gasteiger partial charge in [-0.1, -0.05) is 31.6 Å². The van der Waals surface area contributed by atoms with Crippen LogP contribution in [0.5, 0.6) is 5.75 Å². The van der Waals surface area contributed by atoms with Crippen LogP contribution in [0.25, 0.3) is 0 Å². The van der Waals surface area contributed by atoms with Crippen molar-refractivity contribution in [3.63, 3.8) is 0 Å². The van der Waals surface area contributed by atoms with Gasteiger partial charge in [0.05, 0.1) is 0 Å². The second-order valence-corrected chi connectivity index (χ2v) is 3.16. The van der Waals surface area contributed by atoms with Gasteiger partial charge in [0.2, 0.25) is 0 Å². The molecule has 0 amide bonds. The zero-order valence-electron chi connectivity index (χ0n) is 8.09. The van der Waals surface area contributed by atoms with Gasteiger partial charge >= 0.3 is 0 Å². The fraction of sp³-hybridized carbons (Fsp3) is 0.333. The second kappa shape index (κ2) is 4.70. The normalized spacial score (nSPS) is 9.92. The number of phenolic OH excluding ortho intramolecular Hbond substituents is 1. The zero-order chi connectivity index (χ0) is 9.68. The first-order valence-corrected chi connectivity index (χ1v) is 4.70. The molecule has 0 saturated heterocycles. The van der Waals surface area contributed by atoms with Crippen LogP contribution in [0, 0.1) is 0 Å². The summed E-state index contributed by atoms with van der Waals surface area (Å²) in [5.74, 6) is 0.394. The van der Waals surface area contributed by atoms with E-state index in [9.17, 15) is 5.11 Å². The molecule has 0 aromatic heterocycles. The van der Waals surface area contributed by atoms with Gasteiger partial charge in [0.1, 0.15) is 5.75 Å². The number of hydrogen-bond donors (Lipinski definition) is 1. The SMILES string of the molecule is C=CCc1c(O)cccc1CCC. The predicted octanol–water partition coefficient (Wildman–Crippen LogP) is 3.07. The standard InChI is InChI=1S/C12H16O/c1-3-6-10-8-5-9-12(13)11(10)7-4-2/h4-5,8-9,13H,2-3,6-7H2,1H3. The Morgan fingerprint density at radius 2 is 2.23 bits per heavy atom. The van der Waals surface area contributed by atoms with E-state index in [1.54, 1.807) is 6.07 Å². The lowest BCUT2D eigenvalue weighted by atomic mass is 10.00. The summed E-state index contributed by atoms with van der Waals surface area (Å²) in [6.07, 6.45) is 4.71. The molecule has 1 aromatic carbocycles. The van der Waals surface area contributed by atoms with Crippen molar-refractivity contribution in [2.45, 2.75) is 26.2 Å². The molecule has 70 valence electrons. The first kappa shape index (κ1) is 9.85. The summed E-state index contributed by atoms with van der Waals surface area (Å²) in [6, 6.07) is 5.70. The molecule has 1 rings (SSSR count). The maximum atomic E-state index is 9.60. The van der Waals surface area contributed by atoms with Crippen LogP contribution < -0.4 is 0 Å². The van der Waals surface area contributed by atoms with Gasteiger partial charge in [0, 0.05) is 5.56 Å². The van der Waals surface area contributed by atoms with Gasteiger partial charge in [0.15, 0.2) is 0 Å². The minimum Gasteiger partial charge on any atom is -0.508 e. The molecule has 1 N–H and O–H groups in total. The summed E-state index contributed by atoms with van der Waals surface area (Å²) in [6.45, 7) is 5.83. The third kappa shape index (κ3) is 2.35. The molecular formula is C12H16O. The van der Waals surface area contributed by atoms with Crippen molar-refractivity contribution >= 4 is 0 Å².